The predicted octanol–water partition coefficient (Wildman–Crippen LogP) is 5.32. The van der Waals surface area contributed by atoms with Crippen LogP contribution in [0.1, 0.15) is 29.3 Å². The van der Waals surface area contributed by atoms with E-state index >= 15 is 0 Å². The van der Waals surface area contributed by atoms with Crippen molar-refractivity contribution in [3.05, 3.63) is 53.2 Å². The second-order valence-corrected chi connectivity index (χ2v) is 6.29. The first kappa shape index (κ1) is 16.8. The zero-order chi connectivity index (χ0) is 17.3. The summed E-state index contributed by atoms with van der Waals surface area (Å²) in [6.07, 6.45) is -4.12. The predicted molar refractivity (Wildman–Crippen MR) is 88.5 cm³/mol. The quantitative estimate of drug-likeness (QED) is 0.759. The molecule has 1 unspecified atom stereocenters. The standard InChI is InChI=1S/C16H13BrF3N3O/c1-9-5-6-12(13-8-14(17)23-24-13)22-15(9)21-11-4-2-3-10(7-11)16(18,19)20/h2-7,13H,8H2,1H3,(H,21,22). The summed E-state index contributed by atoms with van der Waals surface area (Å²) in [6.45, 7) is 1.83. The molecular formula is C16H13BrF3N3O. The molecule has 24 heavy (non-hydrogen) atoms. The highest BCUT2D eigenvalue weighted by molar-refractivity contribution is 9.18. The molecule has 0 bridgehead atoms. The number of alkyl halides is 3. The highest BCUT2D eigenvalue weighted by Gasteiger charge is 2.30. The van der Waals surface area contributed by atoms with Gasteiger partial charge in [-0.15, -0.1) is 0 Å². The Morgan fingerprint density at radius 3 is 2.71 bits per heavy atom. The maximum absolute atomic E-state index is 12.8. The summed E-state index contributed by atoms with van der Waals surface area (Å²) in [5.74, 6) is 0.485. The Labute approximate surface area is 144 Å². The molecule has 1 atom stereocenters. The Morgan fingerprint density at radius 2 is 2.04 bits per heavy atom. The van der Waals surface area contributed by atoms with E-state index in [1.165, 1.54) is 6.07 Å². The van der Waals surface area contributed by atoms with E-state index < -0.39 is 11.7 Å². The molecule has 2 aromatic rings. The van der Waals surface area contributed by atoms with Gasteiger partial charge in [0.1, 0.15) is 10.4 Å². The molecule has 0 amide bonds. The fourth-order valence-electron chi connectivity index (χ4n) is 2.27. The van der Waals surface area contributed by atoms with Crippen molar-refractivity contribution in [2.75, 3.05) is 5.32 Å². The summed E-state index contributed by atoms with van der Waals surface area (Å²) in [5.41, 5.74) is 1.09. The minimum absolute atomic E-state index is 0.304. The fourth-order valence-corrected chi connectivity index (χ4v) is 2.64. The Bertz CT molecular complexity index is 792. The highest BCUT2D eigenvalue weighted by atomic mass is 79.9. The van der Waals surface area contributed by atoms with E-state index in [4.69, 9.17) is 4.84 Å². The van der Waals surface area contributed by atoms with Crippen molar-refractivity contribution in [1.29, 1.82) is 0 Å². The van der Waals surface area contributed by atoms with Gasteiger partial charge in [-0.05, 0) is 52.7 Å². The number of benzene rings is 1. The van der Waals surface area contributed by atoms with Gasteiger partial charge in [0, 0.05) is 12.1 Å². The number of aromatic nitrogens is 1. The third-order valence-electron chi connectivity index (χ3n) is 3.53. The van der Waals surface area contributed by atoms with Crippen molar-refractivity contribution < 1.29 is 18.0 Å². The number of aryl methyl sites for hydroxylation is 1. The number of oxime groups is 1. The number of nitrogens with zero attached hydrogens (tertiary/aromatic N) is 2. The Hall–Kier alpha value is -2.09. The van der Waals surface area contributed by atoms with Crippen molar-refractivity contribution in [3.63, 3.8) is 0 Å². The van der Waals surface area contributed by atoms with Gasteiger partial charge in [0.2, 0.25) is 0 Å². The van der Waals surface area contributed by atoms with Crippen LogP contribution in [-0.4, -0.2) is 9.60 Å². The number of nitrogens with one attached hydrogen (secondary N) is 1. The molecule has 0 saturated carbocycles. The summed E-state index contributed by atoms with van der Waals surface area (Å²) >= 11 is 3.26. The molecule has 1 aromatic heterocycles. The topological polar surface area (TPSA) is 46.5 Å². The molecule has 2 heterocycles. The molecule has 3 rings (SSSR count). The summed E-state index contributed by atoms with van der Waals surface area (Å²) in [6, 6.07) is 8.67. The lowest BCUT2D eigenvalue weighted by atomic mass is 10.1. The lowest BCUT2D eigenvalue weighted by Crippen LogP contribution is -2.07. The van der Waals surface area contributed by atoms with Crippen LogP contribution in [-0.2, 0) is 11.0 Å². The number of halogens is 4. The molecule has 0 saturated heterocycles. The summed E-state index contributed by atoms with van der Waals surface area (Å²) in [5, 5.41) is 6.76. The lowest BCUT2D eigenvalue weighted by molar-refractivity contribution is -0.137. The van der Waals surface area contributed by atoms with Crippen LogP contribution in [0.25, 0.3) is 0 Å². The van der Waals surface area contributed by atoms with Crippen LogP contribution >= 0.6 is 15.9 Å². The van der Waals surface area contributed by atoms with Gasteiger partial charge in [-0.3, -0.25) is 0 Å². The maximum atomic E-state index is 12.8. The van der Waals surface area contributed by atoms with Gasteiger partial charge >= 0.3 is 6.18 Å². The minimum atomic E-state index is -4.39. The monoisotopic (exact) mass is 399 g/mol. The van der Waals surface area contributed by atoms with E-state index in [0.717, 1.165) is 17.7 Å². The Morgan fingerprint density at radius 1 is 1.25 bits per heavy atom. The van der Waals surface area contributed by atoms with E-state index in [1.807, 2.05) is 19.1 Å². The van der Waals surface area contributed by atoms with Crippen molar-refractivity contribution in [2.24, 2.45) is 5.16 Å². The van der Waals surface area contributed by atoms with Crippen LogP contribution in [0.2, 0.25) is 0 Å². The number of hydrogen-bond acceptors (Lipinski definition) is 4. The smallest absolute Gasteiger partial charge is 0.385 e. The van der Waals surface area contributed by atoms with Crippen molar-refractivity contribution in [3.8, 4) is 0 Å². The molecule has 0 spiro atoms. The molecule has 1 aliphatic rings. The first-order chi connectivity index (χ1) is 11.3. The largest absolute Gasteiger partial charge is 0.416 e. The van der Waals surface area contributed by atoms with Gasteiger partial charge in [-0.25, -0.2) is 4.98 Å². The average molecular weight is 400 g/mol. The Balaban J connectivity index is 1.85. The molecule has 8 heteroatoms. The number of anilines is 2. The number of hydrogen-bond donors (Lipinski definition) is 1. The van der Waals surface area contributed by atoms with Crippen LogP contribution in [0, 0.1) is 6.92 Å². The molecule has 1 N–H and O–H groups in total. The first-order valence-corrected chi connectivity index (χ1v) is 7.92. The molecule has 0 aliphatic carbocycles. The number of rotatable bonds is 3. The third kappa shape index (κ3) is 3.69. The summed E-state index contributed by atoms with van der Waals surface area (Å²) in [7, 11) is 0. The second-order valence-electron chi connectivity index (χ2n) is 5.37. The summed E-state index contributed by atoms with van der Waals surface area (Å²) < 4.78 is 39.1. The molecule has 4 nitrogen and oxygen atoms in total. The molecule has 1 aliphatic heterocycles. The van der Waals surface area contributed by atoms with Crippen LogP contribution < -0.4 is 5.32 Å². The third-order valence-corrected chi connectivity index (χ3v) is 4.00. The SMILES string of the molecule is Cc1ccc(C2CC(Br)=NO2)nc1Nc1cccc(C(F)(F)F)c1. The molecule has 126 valence electrons. The van der Waals surface area contributed by atoms with Gasteiger partial charge in [0.05, 0.1) is 11.3 Å². The van der Waals surface area contributed by atoms with Crippen molar-refractivity contribution >= 4 is 32.1 Å². The normalized spacial score (nSPS) is 17.4. The van der Waals surface area contributed by atoms with E-state index in [2.05, 4.69) is 31.4 Å². The van der Waals surface area contributed by atoms with Gasteiger partial charge in [-0.1, -0.05) is 17.3 Å². The molecule has 1 aromatic carbocycles. The van der Waals surface area contributed by atoms with Gasteiger partial charge in [-0.2, -0.15) is 13.2 Å². The molecular weight excluding hydrogens is 387 g/mol. The zero-order valence-electron chi connectivity index (χ0n) is 12.6. The van der Waals surface area contributed by atoms with E-state index in [0.29, 0.717) is 28.2 Å². The summed E-state index contributed by atoms with van der Waals surface area (Å²) in [4.78, 5) is 9.73. The van der Waals surface area contributed by atoms with Crippen LogP contribution in [0.5, 0.6) is 0 Å². The Kier molecular flexibility index (Phi) is 4.49. The van der Waals surface area contributed by atoms with Crippen molar-refractivity contribution in [2.45, 2.75) is 25.6 Å². The average Bonchev–Trinajstić information content (AvgIpc) is 2.95. The van der Waals surface area contributed by atoms with Crippen LogP contribution in [0.3, 0.4) is 0 Å². The minimum Gasteiger partial charge on any atom is -0.385 e. The van der Waals surface area contributed by atoms with E-state index in [1.54, 1.807) is 6.07 Å². The van der Waals surface area contributed by atoms with Gasteiger partial charge < -0.3 is 10.2 Å². The molecule has 0 radical (unpaired) electrons. The highest BCUT2D eigenvalue weighted by Crippen LogP contribution is 2.33. The maximum Gasteiger partial charge on any atom is 0.416 e. The van der Waals surface area contributed by atoms with Gasteiger partial charge in [0.25, 0.3) is 0 Å². The first-order valence-electron chi connectivity index (χ1n) is 7.13. The number of pyridine rings is 1. The molecule has 0 fully saturated rings. The van der Waals surface area contributed by atoms with Crippen molar-refractivity contribution in [1.82, 2.24) is 4.98 Å². The van der Waals surface area contributed by atoms with Crippen LogP contribution in [0.4, 0.5) is 24.7 Å². The lowest BCUT2D eigenvalue weighted by Gasteiger charge is -2.14. The van der Waals surface area contributed by atoms with E-state index in [-0.39, 0.29) is 6.10 Å². The van der Waals surface area contributed by atoms with E-state index in [9.17, 15) is 13.2 Å². The van der Waals surface area contributed by atoms with Gasteiger partial charge in [0.15, 0.2) is 6.10 Å². The fraction of sp³-hybridized carbons (Fsp3) is 0.250. The second kappa shape index (κ2) is 6.43. The van der Waals surface area contributed by atoms with Crippen LogP contribution in [0.15, 0.2) is 41.6 Å². The zero-order valence-corrected chi connectivity index (χ0v) is 14.1.